The smallest absolute Gasteiger partial charge is 0.0642 e. The molecule has 0 aliphatic carbocycles. The van der Waals surface area contributed by atoms with E-state index in [9.17, 15) is 0 Å². The number of hydrogen-bond donors (Lipinski definition) is 1. The first-order valence-electron chi connectivity index (χ1n) is 7.00. The SMILES string of the molecule is CCNCc1cccc(Cl)c1N(C)C(C)C(C)(C)C. The molecule has 1 aromatic carbocycles. The predicted octanol–water partition coefficient (Wildman–Crippen LogP) is 4.32. The zero-order chi connectivity index (χ0) is 14.6. The molecule has 0 heterocycles. The summed E-state index contributed by atoms with van der Waals surface area (Å²) >= 11 is 6.43. The molecule has 108 valence electrons. The van der Waals surface area contributed by atoms with Crippen molar-refractivity contribution in [3.05, 3.63) is 28.8 Å². The summed E-state index contributed by atoms with van der Waals surface area (Å²) in [6, 6.07) is 6.55. The van der Waals surface area contributed by atoms with E-state index >= 15 is 0 Å². The van der Waals surface area contributed by atoms with Crippen LogP contribution in [0.25, 0.3) is 0 Å². The van der Waals surface area contributed by atoms with Gasteiger partial charge in [-0.05, 0) is 30.5 Å². The minimum Gasteiger partial charge on any atom is -0.370 e. The fourth-order valence-electron chi connectivity index (χ4n) is 2.13. The monoisotopic (exact) mass is 282 g/mol. The molecule has 0 fully saturated rings. The Morgan fingerprint density at radius 3 is 2.47 bits per heavy atom. The van der Waals surface area contributed by atoms with Crippen LogP contribution in [0.2, 0.25) is 5.02 Å². The molecule has 0 saturated heterocycles. The van der Waals surface area contributed by atoms with Gasteiger partial charge in [0.1, 0.15) is 0 Å². The van der Waals surface area contributed by atoms with Crippen molar-refractivity contribution in [2.24, 2.45) is 5.41 Å². The van der Waals surface area contributed by atoms with Crippen molar-refractivity contribution in [3.63, 3.8) is 0 Å². The van der Waals surface area contributed by atoms with Gasteiger partial charge in [0.15, 0.2) is 0 Å². The lowest BCUT2D eigenvalue weighted by molar-refractivity contribution is 0.329. The molecular weight excluding hydrogens is 256 g/mol. The van der Waals surface area contributed by atoms with Gasteiger partial charge in [-0.15, -0.1) is 0 Å². The van der Waals surface area contributed by atoms with Crippen molar-refractivity contribution in [2.45, 2.75) is 47.2 Å². The van der Waals surface area contributed by atoms with Crippen LogP contribution in [0.15, 0.2) is 18.2 Å². The number of benzene rings is 1. The van der Waals surface area contributed by atoms with Crippen LogP contribution in [0.5, 0.6) is 0 Å². The largest absolute Gasteiger partial charge is 0.370 e. The molecule has 1 aromatic rings. The first kappa shape index (κ1) is 16.3. The average Bonchev–Trinajstić information content (AvgIpc) is 2.33. The molecule has 1 N–H and O–H groups in total. The summed E-state index contributed by atoms with van der Waals surface area (Å²) in [7, 11) is 2.13. The van der Waals surface area contributed by atoms with Gasteiger partial charge in [0.05, 0.1) is 10.7 Å². The maximum Gasteiger partial charge on any atom is 0.0642 e. The summed E-state index contributed by atoms with van der Waals surface area (Å²) in [4.78, 5) is 2.30. The highest BCUT2D eigenvalue weighted by Crippen LogP contribution is 2.34. The van der Waals surface area contributed by atoms with E-state index in [2.05, 4.69) is 57.9 Å². The van der Waals surface area contributed by atoms with Crippen LogP contribution < -0.4 is 10.2 Å². The topological polar surface area (TPSA) is 15.3 Å². The number of nitrogens with zero attached hydrogens (tertiary/aromatic N) is 1. The van der Waals surface area contributed by atoms with Crippen LogP contribution in [0.1, 0.15) is 40.2 Å². The molecule has 0 aliphatic rings. The second kappa shape index (κ2) is 6.62. The van der Waals surface area contributed by atoms with E-state index in [-0.39, 0.29) is 5.41 Å². The lowest BCUT2D eigenvalue weighted by Gasteiger charge is -2.38. The molecule has 2 nitrogen and oxygen atoms in total. The van der Waals surface area contributed by atoms with E-state index in [0.717, 1.165) is 23.8 Å². The lowest BCUT2D eigenvalue weighted by Crippen LogP contribution is -2.40. The number of halogens is 1. The van der Waals surface area contributed by atoms with Crippen molar-refractivity contribution >= 4 is 17.3 Å². The van der Waals surface area contributed by atoms with Crippen molar-refractivity contribution < 1.29 is 0 Å². The van der Waals surface area contributed by atoms with E-state index in [1.807, 2.05) is 12.1 Å². The summed E-state index contributed by atoms with van der Waals surface area (Å²) < 4.78 is 0. The molecule has 0 aromatic heterocycles. The molecule has 3 heteroatoms. The molecule has 0 amide bonds. The zero-order valence-corrected chi connectivity index (χ0v) is 13.8. The van der Waals surface area contributed by atoms with Crippen molar-refractivity contribution in [1.82, 2.24) is 5.32 Å². The predicted molar refractivity (Wildman–Crippen MR) is 86.2 cm³/mol. The van der Waals surface area contributed by atoms with Crippen LogP contribution in [0.3, 0.4) is 0 Å². The third-order valence-electron chi connectivity index (χ3n) is 3.82. The van der Waals surface area contributed by atoms with Gasteiger partial charge >= 0.3 is 0 Å². The second-order valence-electron chi connectivity index (χ2n) is 6.18. The molecule has 0 radical (unpaired) electrons. The van der Waals surface area contributed by atoms with Crippen molar-refractivity contribution in [3.8, 4) is 0 Å². The zero-order valence-electron chi connectivity index (χ0n) is 13.0. The van der Waals surface area contributed by atoms with Crippen molar-refractivity contribution in [2.75, 3.05) is 18.5 Å². The molecule has 1 rings (SSSR count). The van der Waals surface area contributed by atoms with Gasteiger partial charge in [-0.25, -0.2) is 0 Å². The Labute approximate surface area is 123 Å². The van der Waals surface area contributed by atoms with E-state index in [0.29, 0.717) is 6.04 Å². The molecule has 19 heavy (non-hydrogen) atoms. The molecule has 1 atom stereocenters. The maximum absolute atomic E-state index is 6.43. The van der Waals surface area contributed by atoms with E-state index in [1.54, 1.807) is 0 Å². The van der Waals surface area contributed by atoms with E-state index < -0.39 is 0 Å². The normalized spacial score (nSPS) is 13.4. The highest BCUT2D eigenvalue weighted by molar-refractivity contribution is 6.33. The highest BCUT2D eigenvalue weighted by atomic mass is 35.5. The summed E-state index contributed by atoms with van der Waals surface area (Å²) in [5, 5.41) is 4.21. The molecule has 0 bridgehead atoms. The van der Waals surface area contributed by atoms with Crippen LogP contribution in [0, 0.1) is 5.41 Å². The number of para-hydroxylation sites is 1. The average molecular weight is 283 g/mol. The summed E-state index contributed by atoms with van der Waals surface area (Å²) in [5.74, 6) is 0. The minimum atomic E-state index is 0.212. The van der Waals surface area contributed by atoms with Gasteiger partial charge in [-0.2, -0.15) is 0 Å². The molecule has 0 spiro atoms. The second-order valence-corrected chi connectivity index (χ2v) is 6.59. The number of rotatable bonds is 5. The summed E-state index contributed by atoms with van der Waals surface area (Å²) in [5.41, 5.74) is 2.61. The Morgan fingerprint density at radius 2 is 1.95 bits per heavy atom. The maximum atomic E-state index is 6.43. The first-order chi connectivity index (χ1) is 8.79. The Kier molecular flexibility index (Phi) is 5.69. The van der Waals surface area contributed by atoms with Gasteiger partial charge in [-0.3, -0.25) is 0 Å². The van der Waals surface area contributed by atoms with Crippen molar-refractivity contribution in [1.29, 1.82) is 0 Å². The fourth-order valence-corrected chi connectivity index (χ4v) is 2.46. The minimum absolute atomic E-state index is 0.212. The quantitative estimate of drug-likeness (QED) is 0.865. The Balaban J connectivity index is 3.10. The van der Waals surface area contributed by atoms with Gasteiger partial charge in [0, 0.05) is 19.6 Å². The van der Waals surface area contributed by atoms with Gasteiger partial charge in [0.2, 0.25) is 0 Å². The van der Waals surface area contributed by atoms with E-state index in [4.69, 9.17) is 11.6 Å². The van der Waals surface area contributed by atoms with Gasteiger partial charge < -0.3 is 10.2 Å². The van der Waals surface area contributed by atoms with Gasteiger partial charge in [0.25, 0.3) is 0 Å². The Morgan fingerprint density at radius 1 is 1.32 bits per heavy atom. The number of anilines is 1. The third-order valence-corrected chi connectivity index (χ3v) is 4.13. The molecular formula is C16H27ClN2. The first-order valence-corrected chi connectivity index (χ1v) is 7.37. The van der Waals surface area contributed by atoms with E-state index in [1.165, 1.54) is 5.56 Å². The Bertz CT molecular complexity index is 410. The summed E-state index contributed by atoms with van der Waals surface area (Å²) in [6.45, 7) is 13.0. The van der Waals surface area contributed by atoms with Crippen LogP contribution in [-0.4, -0.2) is 19.6 Å². The molecule has 1 unspecified atom stereocenters. The van der Waals surface area contributed by atoms with Gasteiger partial charge in [-0.1, -0.05) is 51.4 Å². The van der Waals surface area contributed by atoms with Crippen LogP contribution >= 0.6 is 11.6 Å². The number of nitrogens with one attached hydrogen (secondary N) is 1. The Hall–Kier alpha value is -0.730. The fraction of sp³-hybridized carbons (Fsp3) is 0.625. The standard InChI is InChI=1S/C16H27ClN2/c1-7-18-11-13-9-8-10-14(17)15(13)19(6)12(2)16(3,4)5/h8-10,12,18H,7,11H2,1-6H3. The number of hydrogen-bond acceptors (Lipinski definition) is 2. The molecule has 0 saturated carbocycles. The summed E-state index contributed by atoms with van der Waals surface area (Å²) in [6.07, 6.45) is 0. The molecule has 0 aliphatic heterocycles. The van der Waals surface area contributed by atoms with Crippen LogP contribution in [0.4, 0.5) is 5.69 Å². The lowest BCUT2D eigenvalue weighted by atomic mass is 9.86. The third kappa shape index (κ3) is 4.12. The highest BCUT2D eigenvalue weighted by Gasteiger charge is 2.26. The van der Waals surface area contributed by atoms with Crippen LogP contribution in [-0.2, 0) is 6.54 Å².